The van der Waals surface area contributed by atoms with E-state index in [0.717, 1.165) is 17.1 Å². The van der Waals surface area contributed by atoms with Gasteiger partial charge in [-0.15, -0.1) is 0 Å². The van der Waals surface area contributed by atoms with Crippen LogP contribution in [0.2, 0.25) is 5.15 Å². The molecule has 3 aromatic rings. The second kappa shape index (κ2) is 4.94. The van der Waals surface area contributed by atoms with Crippen molar-refractivity contribution >= 4 is 17.2 Å². The van der Waals surface area contributed by atoms with Crippen LogP contribution in [0.1, 0.15) is 11.3 Å². The lowest BCUT2D eigenvalue weighted by Crippen LogP contribution is -2.00. The SMILES string of the molecule is Cc1cccc(OCc2cnc3cccc(Cl)n23)c1. The van der Waals surface area contributed by atoms with E-state index in [4.69, 9.17) is 16.3 Å². The molecule has 4 heteroatoms. The number of hydrogen-bond acceptors (Lipinski definition) is 2. The zero-order valence-corrected chi connectivity index (χ0v) is 11.3. The van der Waals surface area contributed by atoms with E-state index in [-0.39, 0.29) is 0 Å². The third-order valence-electron chi connectivity index (χ3n) is 2.93. The van der Waals surface area contributed by atoms with Crippen molar-refractivity contribution in [2.24, 2.45) is 0 Å². The first kappa shape index (κ1) is 12.1. The summed E-state index contributed by atoms with van der Waals surface area (Å²) in [7, 11) is 0. The van der Waals surface area contributed by atoms with Crippen LogP contribution in [0.25, 0.3) is 5.65 Å². The molecule has 0 fully saturated rings. The predicted molar refractivity (Wildman–Crippen MR) is 75.7 cm³/mol. The maximum Gasteiger partial charge on any atom is 0.138 e. The van der Waals surface area contributed by atoms with Crippen LogP contribution in [0, 0.1) is 6.92 Å². The minimum absolute atomic E-state index is 0.439. The topological polar surface area (TPSA) is 26.5 Å². The number of aryl methyl sites for hydroxylation is 1. The van der Waals surface area contributed by atoms with E-state index >= 15 is 0 Å². The summed E-state index contributed by atoms with van der Waals surface area (Å²) >= 11 is 6.18. The number of hydrogen-bond donors (Lipinski definition) is 0. The number of imidazole rings is 1. The summed E-state index contributed by atoms with van der Waals surface area (Å²) in [4.78, 5) is 4.31. The van der Waals surface area contributed by atoms with Gasteiger partial charge in [0, 0.05) is 0 Å². The Morgan fingerprint density at radius 3 is 2.89 bits per heavy atom. The zero-order valence-electron chi connectivity index (χ0n) is 10.5. The first-order valence-corrected chi connectivity index (χ1v) is 6.42. The lowest BCUT2D eigenvalue weighted by molar-refractivity contribution is 0.300. The minimum Gasteiger partial charge on any atom is -0.487 e. The molecule has 19 heavy (non-hydrogen) atoms. The van der Waals surface area contributed by atoms with Gasteiger partial charge in [-0.2, -0.15) is 0 Å². The van der Waals surface area contributed by atoms with E-state index in [1.54, 1.807) is 6.20 Å². The molecule has 0 unspecified atom stereocenters. The van der Waals surface area contributed by atoms with Crippen LogP contribution in [0.15, 0.2) is 48.7 Å². The van der Waals surface area contributed by atoms with Gasteiger partial charge in [-0.05, 0) is 36.8 Å². The fourth-order valence-electron chi connectivity index (χ4n) is 2.02. The number of pyridine rings is 1. The Morgan fingerprint density at radius 2 is 2.05 bits per heavy atom. The van der Waals surface area contributed by atoms with Crippen LogP contribution in [0.3, 0.4) is 0 Å². The highest BCUT2D eigenvalue weighted by atomic mass is 35.5. The van der Waals surface area contributed by atoms with Crippen LogP contribution >= 0.6 is 11.6 Å². The van der Waals surface area contributed by atoms with Gasteiger partial charge in [0.15, 0.2) is 0 Å². The van der Waals surface area contributed by atoms with Gasteiger partial charge in [0.1, 0.15) is 23.2 Å². The van der Waals surface area contributed by atoms with Crippen molar-refractivity contribution in [1.29, 1.82) is 0 Å². The Bertz CT molecular complexity index is 721. The highest BCUT2D eigenvalue weighted by Gasteiger charge is 2.06. The summed E-state index contributed by atoms with van der Waals surface area (Å²) in [6.45, 7) is 2.48. The molecule has 0 saturated heterocycles. The van der Waals surface area contributed by atoms with Crippen LogP contribution in [0.5, 0.6) is 5.75 Å². The van der Waals surface area contributed by atoms with Gasteiger partial charge in [0.2, 0.25) is 0 Å². The first-order valence-electron chi connectivity index (χ1n) is 6.04. The quantitative estimate of drug-likeness (QED) is 0.677. The van der Waals surface area contributed by atoms with Gasteiger partial charge in [-0.1, -0.05) is 29.8 Å². The number of rotatable bonds is 3. The van der Waals surface area contributed by atoms with Gasteiger partial charge in [-0.3, -0.25) is 4.40 Å². The van der Waals surface area contributed by atoms with E-state index in [9.17, 15) is 0 Å². The van der Waals surface area contributed by atoms with E-state index in [2.05, 4.69) is 4.98 Å². The predicted octanol–water partition coefficient (Wildman–Crippen LogP) is 3.88. The van der Waals surface area contributed by atoms with E-state index < -0.39 is 0 Å². The molecule has 2 aromatic heterocycles. The molecule has 0 saturated carbocycles. The molecule has 0 aliphatic carbocycles. The van der Waals surface area contributed by atoms with Crippen LogP contribution < -0.4 is 4.74 Å². The fraction of sp³-hybridized carbons (Fsp3) is 0.133. The van der Waals surface area contributed by atoms with Crippen molar-refractivity contribution < 1.29 is 4.74 Å². The molecule has 0 spiro atoms. The van der Waals surface area contributed by atoms with Gasteiger partial charge in [-0.25, -0.2) is 4.98 Å². The summed E-state index contributed by atoms with van der Waals surface area (Å²) in [5, 5.41) is 0.637. The highest BCUT2D eigenvalue weighted by Crippen LogP contribution is 2.18. The van der Waals surface area contributed by atoms with Gasteiger partial charge in [0.25, 0.3) is 0 Å². The summed E-state index contributed by atoms with van der Waals surface area (Å²) < 4.78 is 7.66. The summed E-state index contributed by atoms with van der Waals surface area (Å²) in [6, 6.07) is 13.6. The molecule has 0 radical (unpaired) electrons. The summed E-state index contributed by atoms with van der Waals surface area (Å²) in [6.07, 6.45) is 1.79. The Balaban J connectivity index is 1.86. The number of aromatic nitrogens is 2. The maximum atomic E-state index is 6.18. The maximum absolute atomic E-state index is 6.18. The van der Waals surface area contributed by atoms with Crippen molar-refractivity contribution in [3.63, 3.8) is 0 Å². The number of ether oxygens (including phenoxy) is 1. The fourth-order valence-corrected chi connectivity index (χ4v) is 2.29. The number of nitrogens with zero attached hydrogens (tertiary/aromatic N) is 2. The Morgan fingerprint density at radius 1 is 1.21 bits per heavy atom. The molecule has 0 aliphatic rings. The average molecular weight is 273 g/mol. The molecule has 96 valence electrons. The average Bonchev–Trinajstić information content (AvgIpc) is 2.81. The van der Waals surface area contributed by atoms with E-state index in [0.29, 0.717) is 11.8 Å². The van der Waals surface area contributed by atoms with Gasteiger partial charge < -0.3 is 4.74 Å². The number of fused-ring (bicyclic) bond motifs is 1. The Hall–Kier alpha value is -2.00. The smallest absolute Gasteiger partial charge is 0.138 e. The minimum atomic E-state index is 0.439. The van der Waals surface area contributed by atoms with Crippen LogP contribution in [-0.4, -0.2) is 9.38 Å². The van der Waals surface area contributed by atoms with Crippen LogP contribution in [0.4, 0.5) is 0 Å². The van der Waals surface area contributed by atoms with Crippen molar-refractivity contribution in [2.75, 3.05) is 0 Å². The largest absolute Gasteiger partial charge is 0.487 e. The van der Waals surface area contributed by atoms with E-state index in [1.165, 1.54) is 5.56 Å². The van der Waals surface area contributed by atoms with Crippen molar-refractivity contribution in [3.05, 3.63) is 65.1 Å². The number of benzene rings is 1. The standard InChI is InChI=1S/C15H13ClN2O/c1-11-4-2-5-13(8-11)19-10-12-9-17-15-7-3-6-14(16)18(12)15/h2-9H,10H2,1H3. The zero-order chi connectivity index (χ0) is 13.2. The second-order valence-electron chi connectivity index (χ2n) is 4.40. The molecule has 1 aromatic carbocycles. The molecule has 3 nitrogen and oxygen atoms in total. The first-order chi connectivity index (χ1) is 9.24. The van der Waals surface area contributed by atoms with Gasteiger partial charge >= 0.3 is 0 Å². The molecule has 0 amide bonds. The van der Waals surface area contributed by atoms with E-state index in [1.807, 2.05) is 53.8 Å². The molecule has 0 bridgehead atoms. The number of halogens is 1. The third kappa shape index (κ3) is 2.42. The highest BCUT2D eigenvalue weighted by molar-refractivity contribution is 6.29. The molecular formula is C15H13ClN2O. The third-order valence-corrected chi connectivity index (χ3v) is 3.23. The molecule has 2 heterocycles. The summed E-state index contributed by atoms with van der Waals surface area (Å²) in [5.74, 6) is 0.849. The lowest BCUT2D eigenvalue weighted by Gasteiger charge is -2.07. The molecule has 0 atom stereocenters. The Labute approximate surface area is 116 Å². The van der Waals surface area contributed by atoms with Gasteiger partial charge in [0.05, 0.1) is 11.9 Å². The van der Waals surface area contributed by atoms with Crippen LogP contribution in [-0.2, 0) is 6.61 Å². The van der Waals surface area contributed by atoms with Crippen molar-refractivity contribution in [2.45, 2.75) is 13.5 Å². The van der Waals surface area contributed by atoms with Crippen molar-refractivity contribution in [1.82, 2.24) is 9.38 Å². The summed E-state index contributed by atoms with van der Waals surface area (Å²) in [5.41, 5.74) is 2.94. The normalized spacial score (nSPS) is 10.8. The molecule has 3 rings (SSSR count). The molecular weight excluding hydrogens is 260 g/mol. The molecule has 0 aliphatic heterocycles. The second-order valence-corrected chi connectivity index (χ2v) is 4.78. The Kier molecular flexibility index (Phi) is 3.13. The molecule has 0 N–H and O–H groups in total. The lowest BCUT2D eigenvalue weighted by atomic mass is 10.2. The monoisotopic (exact) mass is 272 g/mol. The van der Waals surface area contributed by atoms with Crippen molar-refractivity contribution in [3.8, 4) is 5.75 Å².